The third kappa shape index (κ3) is 2.54. The molecule has 0 aromatic carbocycles. The molecule has 0 saturated heterocycles. The van der Waals surface area contributed by atoms with E-state index in [1.807, 2.05) is 0 Å². The van der Waals surface area contributed by atoms with Gasteiger partial charge in [-0.15, -0.1) is 0 Å². The van der Waals surface area contributed by atoms with Gasteiger partial charge in [-0.25, -0.2) is 4.98 Å². The number of hydrogen-bond donors (Lipinski definition) is 2. The third-order valence-electron chi connectivity index (χ3n) is 3.45. The number of carbonyl (C=O) groups is 1. The number of carbonyl (C=O) groups excluding carboxylic acids is 1. The molecule has 1 aliphatic rings. The maximum atomic E-state index is 12.0. The average molecular weight is 234 g/mol. The Balaban J connectivity index is 2.07. The van der Waals surface area contributed by atoms with Crippen LogP contribution in [0.15, 0.2) is 12.4 Å². The second-order valence-electron chi connectivity index (χ2n) is 5.24. The summed E-state index contributed by atoms with van der Waals surface area (Å²) in [6.45, 7) is 4.35. The van der Waals surface area contributed by atoms with Gasteiger partial charge in [-0.3, -0.25) is 9.78 Å². The highest BCUT2D eigenvalue weighted by Gasteiger charge is 2.35. The summed E-state index contributed by atoms with van der Waals surface area (Å²) in [4.78, 5) is 19.8. The number of nitrogens with one attached hydrogen (secondary N) is 1. The van der Waals surface area contributed by atoms with Crippen LogP contribution in [-0.4, -0.2) is 21.9 Å². The third-order valence-corrected chi connectivity index (χ3v) is 3.45. The lowest BCUT2D eigenvalue weighted by atomic mass is 9.87. The van der Waals surface area contributed by atoms with E-state index in [1.165, 1.54) is 12.4 Å². The van der Waals surface area contributed by atoms with Crippen molar-refractivity contribution in [3.63, 3.8) is 0 Å². The zero-order chi connectivity index (χ0) is 12.5. The van der Waals surface area contributed by atoms with E-state index in [0.29, 0.717) is 0 Å². The summed E-state index contributed by atoms with van der Waals surface area (Å²) in [6.07, 6.45) is 6.18. The summed E-state index contributed by atoms with van der Waals surface area (Å²) in [5.74, 6) is 0.0770. The smallest absolute Gasteiger partial charge is 0.271 e. The molecule has 1 aromatic heterocycles. The Morgan fingerprint density at radius 1 is 1.53 bits per heavy atom. The van der Waals surface area contributed by atoms with E-state index in [4.69, 9.17) is 5.73 Å². The van der Waals surface area contributed by atoms with Crippen LogP contribution in [0, 0.1) is 5.41 Å². The molecule has 1 aliphatic carbocycles. The first kappa shape index (κ1) is 11.8. The van der Waals surface area contributed by atoms with Crippen LogP contribution in [0.3, 0.4) is 0 Å². The molecule has 1 heterocycles. The topological polar surface area (TPSA) is 80.9 Å². The molecule has 0 spiro atoms. The van der Waals surface area contributed by atoms with E-state index in [0.717, 1.165) is 19.3 Å². The molecule has 1 atom stereocenters. The number of nitrogens with two attached hydrogens (primary N) is 1. The molecule has 17 heavy (non-hydrogen) atoms. The summed E-state index contributed by atoms with van der Waals surface area (Å²) in [6, 6.07) is 0.207. The minimum absolute atomic E-state index is 0.156. The molecule has 5 nitrogen and oxygen atoms in total. The van der Waals surface area contributed by atoms with Gasteiger partial charge in [-0.05, 0) is 18.3 Å². The molecule has 3 N–H and O–H groups in total. The molecule has 5 heteroatoms. The fourth-order valence-electron chi connectivity index (χ4n) is 2.32. The molecule has 1 unspecified atom stereocenters. The molecule has 0 bridgehead atoms. The van der Waals surface area contributed by atoms with Crippen LogP contribution in [-0.2, 0) is 0 Å². The molecule has 1 fully saturated rings. The maximum Gasteiger partial charge on any atom is 0.271 e. The highest BCUT2D eigenvalue weighted by molar-refractivity contribution is 5.92. The molecular formula is C12H18N4O. The number of nitrogen functional groups attached to an aromatic ring is 1. The van der Waals surface area contributed by atoms with Gasteiger partial charge >= 0.3 is 0 Å². The van der Waals surface area contributed by atoms with Crippen LogP contribution in [0.1, 0.15) is 43.6 Å². The number of hydrogen-bond acceptors (Lipinski definition) is 4. The Morgan fingerprint density at radius 2 is 2.29 bits per heavy atom. The number of amides is 1. The zero-order valence-corrected chi connectivity index (χ0v) is 10.2. The summed E-state index contributed by atoms with van der Waals surface area (Å²) >= 11 is 0. The number of anilines is 1. The van der Waals surface area contributed by atoms with Crippen LogP contribution >= 0.6 is 0 Å². The van der Waals surface area contributed by atoms with Gasteiger partial charge in [-0.2, -0.15) is 0 Å². The maximum absolute atomic E-state index is 12.0. The van der Waals surface area contributed by atoms with Gasteiger partial charge in [-0.1, -0.05) is 20.3 Å². The second-order valence-corrected chi connectivity index (χ2v) is 5.24. The van der Waals surface area contributed by atoms with Crippen molar-refractivity contribution in [1.82, 2.24) is 15.3 Å². The van der Waals surface area contributed by atoms with Gasteiger partial charge in [0.25, 0.3) is 5.91 Å². The van der Waals surface area contributed by atoms with E-state index >= 15 is 0 Å². The van der Waals surface area contributed by atoms with Crippen molar-refractivity contribution in [2.75, 3.05) is 5.73 Å². The normalized spacial score (nSPS) is 22.4. The predicted octanol–water partition coefficient (Wildman–Crippen LogP) is 1.37. The fourth-order valence-corrected chi connectivity index (χ4v) is 2.32. The monoisotopic (exact) mass is 234 g/mol. The molecule has 1 saturated carbocycles. The van der Waals surface area contributed by atoms with E-state index < -0.39 is 0 Å². The van der Waals surface area contributed by atoms with Crippen LogP contribution in [0.5, 0.6) is 0 Å². The minimum Gasteiger partial charge on any atom is -0.382 e. The molecule has 1 amide bonds. The average Bonchev–Trinajstić information content (AvgIpc) is 2.58. The SMILES string of the molecule is CC1(C)CCCC1NC(=O)c1cncc(N)n1. The van der Waals surface area contributed by atoms with Gasteiger partial charge in [0.2, 0.25) is 0 Å². The van der Waals surface area contributed by atoms with Crippen molar-refractivity contribution >= 4 is 11.7 Å². The second kappa shape index (κ2) is 4.31. The van der Waals surface area contributed by atoms with Crippen molar-refractivity contribution < 1.29 is 4.79 Å². The summed E-state index contributed by atoms with van der Waals surface area (Å²) < 4.78 is 0. The Labute approximate surface area is 101 Å². The van der Waals surface area contributed by atoms with Gasteiger partial charge < -0.3 is 11.1 Å². The van der Waals surface area contributed by atoms with Crippen molar-refractivity contribution in [3.05, 3.63) is 18.1 Å². The first-order chi connectivity index (χ1) is 7.99. The Hall–Kier alpha value is -1.65. The summed E-state index contributed by atoms with van der Waals surface area (Å²) in [5, 5.41) is 3.02. The van der Waals surface area contributed by atoms with Crippen LogP contribution in [0.2, 0.25) is 0 Å². The van der Waals surface area contributed by atoms with Crippen molar-refractivity contribution in [3.8, 4) is 0 Å². The molecule has 92 valence electrons. The van der Waals surface area contributed by atoms with E-state index in [9.17, 15) is 4.79 Å². The lowest BCUT2D eigenvalue weighted by molar-refractivity contribution is 0.0904. The van der Waals surface area contributed by atoms with Crippen molar-refractivity contribution in [2.45, 2.75) is 39.2 Å². The first-order valence-electron chi connectivity index (χ1n) is 5.87. The largest absolute Gasteiger partial charge is 0.382 e. The van der Waals surface area contributed by atoms with Crippen LogP contribution in [0.4, 0.5) is 5.82 Å². The highest BCUT2D eigenvalue weighted by Crippen LogP contribution is 2.37. The van der Waals surface area contributed by atoms with Crippen LogP contribution < -0.4 is 11.1 Å². The predicted molar refractivity (Wildman–Crippen MR) is 65.3 cm³/mol. The highest BCUT2D eigenvalue weighted by atomic mass is 16.2. The van der Waals surface area contributed by atoms with Crippen LogP contribution in [0.25, 0.3) is 0 Å². The molecule has 0 aliphatic heterocycles. The van der Waals surface area contributed by atoms with E-state index in [2.05, 4.69) is 29.1 Å². The Kier molecular flexibility index (Phi) is 3.00. The molecule has 1 aromatic rings. The lowest BCUT2D eigenvalue weighted by Crippen LogP contribution is -2.41. The molecular weight excluding hydrogens is 216 g/mol. The Bertz CT molecular complexity index is 430. The quantitative estimate of drug-likeness (QED) is 0.809. The molecule has 2 rings (SSSR count). The van der Waals surface area contributed by atoms with E-state index in [-0.39, 0.29) is 28.9 Å². The van der Waals surface area contributed by atoms with E-state index in [1.54, 1.807) is 0 Å². The minimum atomic E-state index is -0.190. The molecule has 0 radical (unpaired) electrons. The van der Waals surface area contributed by atoms with Gasteiger partial charge in [0, 0.05) is 6.04 Å². The van der Waals surface area contributed by atoms with Gasteiger partial charge in [0.15, 0.2) is 0 Å². The Morgan fingerprint density at radius 3 is 2.88 bits per heavy atom. The standard InChI is InChI=1S/C12H18N4O/c1-12(2)5-3-4-9(12)16-11(17)8-6-14-7-10(13)15-8/h6-7,9H,3-5H2,1-2H3,(H2,13,15)(H,16,17). The summed E-state index contributed by atoms with van der Waals surface area (Å²) in [7, 11) is 0. The number of rotatable bonds is 2. The van der Waals surface area contributed by atoms with Gasteiger partial charge in [0.05, 0.1) is 12.4 Å². The summed E-state index contributed by atoms with van der Waals surface area (Å²) in [5.41, 5.74) is 5.95. The first-order valence-corrected chi connectivity index (χ1v) is 5.87. The van der Waals surface area contributed by atoms with Gasteiger partial charge in [0.1, 0.15) is 11.5 Å². The zero-order valence-electron chi connectivity index (χ0n) is 10.2. The van der Waals surface area contributed by atoms with Crippen molar-refractivity contribution in [2.24, 2.45) is 5.41 Å². The number of aromatic nitrogens is 2. The van der Waals surface area contributed by atoms with Crippen molar-refractivity contribution in [1.29, 1.82) is 0 Å². The fraction of sp³-hybridized carbons (Fsp3) is 0.583. The lowest BCUT2D eigenvalue weighted by Gasteiger charge is -2.27. The number of nitrogens with zero attached hydrogens (tertiary/aromatic N) is 2.